The number of nitrogens with zero attached hydrogens (tertiary/aromatic N) is 2. The van der Waals surface area contributed by atoms with Crippen LogP contribution in [0.25, 0.3) is 0 Å². The van der Waals surface area contributed by atoms with Gasteiger partial charge in [0.25, 0.3) is 0 Å². The molecule has 5 heteroatoms. The van der Waals surface area contributed by atoms with Crippen molar-refractivity contribution in [3.05, 3.63) is 16.4 Å². The van der Waals surface area contributed by atoms with Crippen LogP contribution in [0.3, 0.4) is 0 Å². The van der Waals surface area contributed by atoms with E-state index in [1.807, 2.05) is 11.7 Å². The average molecular weight is 299 g/mol. The van der Waals surface area contributed by atoms with Crippen molar-refractivity contribution in [1.29, 1.82) is 0 Å². The lowest BCUT2D eigenvalue weighted by atomic mass is 9.77. The molecule has 0 amide bonds. The summed E-state index contributed by atoms with van der Waals surface area (Å²) in [5.74, 6) is 7.26. The van der Waals surface area contributed by atoms with Crippen molar-refractivity contribution < 1.29 is 0 Å². The number of nitrogens with one attached hydrogen (secondary N) is 1. The third-order valence-electron chi connectivity index (χ3n) is 4.68. The molecule has 0 aromatic carbocycles. The van der Waals surface area contributed by atoms with E-state index in [0.29, 0.717) is 5.92 Å². The van der Waals surface area contributed by atoms with Gasteiger partial charge in [0.2, 0.25) is 0 Å². The fourth-order valence-corrected chi connectivity index (χ4v) is 3.83. The highest BCUT2D eigenvalue weighted by Gasteiger charge is 2.28. The lowest BCUT2D eigenvalue weighted by Gasteiger charge is -2.33. The van der Waals surface area contributed by atoms with Gasteiger partial charge in [-0.3, -0.25) is 16.0 Å². The van der Waals surface area contributed by atoms with Gasteiger partial charge < -0.3 is 0 Å². The number of hydrazine groups is 1. The highest BCUT2D eigenvalue weighted by molar-refractivity contribution is 6.31. The van der Waals surface area contributed by atoms with Crippen LogP contribution >= 0.6 is 11.6 Å². The van der Waals surface area contributed by atoms with Crippen molar-refractivity contribution in [3.63, 3.8) is 0 Å². The number of hydrogen-bond acceptors (Lipinski definition) is 3. The molecule has 0 bridgehead atoms. The van der Waals surface area contributed by atoms with Crippen LogP contribution in [0.15, 0.2) is 0 Å². The Morgan fingerprint density at radius 3 is 2.80 bits per heavy atom. The molecule has 4 nitrogen and oxygen atoms in total. The zero-order valence-electron chi connectivity index (χ0n) is 12.8. The Morgan fingerprint density at radius 2 is 2.25 bits per heavy atom. The van der Waals surface area contributed by atoms with Crippen molar-refractivity contribution in [2.45, 2.75) is 58.4 Å². The van der Waals surface area contributed by atoms with Gasteiger partial charge in [-0.15, -0.1) is 0 Å². The average Bonchev–Trinajstić information content (AvgIpc) is 2.71. The van der Waals surface area contributed by atoms with Crippen molar-refractivity contribution in [2.75, 3.05) is 0 Å². The zero-order chi connectivity index (χ0) is 14.7. The number of nitrogens with two attached hydrogens (primary N) is 1. The van der Waals surface area contributed by atoms with Crippen LogP contribution in [-0.2, 0) is 19.9 Å². The molecule has 0 radical (unpaired) electrons. The molecular formula is C15H27ClN4. The van der Waals surface area contributed by atoms with Crippen LogP contribution in [0.1, 0.15) is 50.9 Å². The molecular weight excluding hydrogens is 272 g/mol. The molecule has 0 spiro atoms. The maximum Gasteiger partial charge on any atom is 0.0850 e. The van der Waals surface area contributed by atoms with E-state index in [1.165, 1.54) is 25.7 Å². The normalized spacial score (nSPS) is 24.9. The first kappa shape index (κ1) is 15.8. The molecule has 1 heterocycles. The number of hydrogen-bond donors (Lipinski definition) is 2. The molecule has 3 N–H and O–H groups in total. The molecule has 3 unspecified atom stereocenters. The largest absolute Gasteiger partial charge is 0.271 e. The summed E-state index contributed by atoms with van der Waals surface area (Å²) in [4.78, 5) is 0. The molecule has 1 aromatic rings. The van der Waals surface area contributed by atoms with Crippen LogP contribution in [0.5, 0.6) is 0 Å². The predicted octanol–water partition coefficient (Wildman–Crippen LogP) is 2.84. The van der Waals surface area contributed by atoms with E-state index in [1.54, 1.807) is 0 Å². The Morgan fingerprint density at radius 1 is 1.50 bits per heavy atom. The van der Waals surface area contributed by atoms with E-state index in [2.05, 4.69) is 24.4 Å². The Labute approximate surface area is 127 Å². The minimum absolute atomic E-state index is 0.287. The molecule has 20 heavy (non-hydrogen) atoms. The van der Waals surface area contributed by atoms with Crippen LogP contribution < -0.4 is 11.3 Å². The smallest absolute Gasteiger partial charge is 0.0850 e. The monoisotopic (exact) mass is 298 g/mol. The van der Waals surface area contributed by atoms with Crippen molar-refractivity contribution in [3.8, 4) is 0 Å². The van der Waals surface area contributed by atoms with Gasteiger partial charge in [0.05, 0.1) is 16.4 Å². The highest BCUT2D eigenvalue weighted by Crippen LogP contribution is 2.32. The Hall–Kier alpha value is -0.580. The summed E-state index contributed by atoms with van der Waals surface area (Å²) >= 11 is 6.45. The first-order valence-electron chi connectivity index (χ1n) is 7.73. The van der Waals surface area contributed by atoms with Crippen LogP contribution in [0.4, 0.5) is 0 Å². The van der Waals surface area contributed by atoms with E-state index in [-0.39, 0.29) is 6.04 Å². The molecule has 1 aromatic heterocycles. The summed E-state index contributed by atoms with van der Waals surface area (Å²) in [6.07, 6.45) is 6.90. The third-order valence-corrected chi connectivity index (χ3v) is 5.11. The molecule has 1 aliphatic carbocycles. The number of aryl methyl sites for hydroxylation is 2. The first-order valence-corrected chi connectivity index (χ1v) is 8.10. The van der Waals surface area contributed by atoms with Crippen LogP contribution in [-0.4, -0.2) is 15.8 Å². The van der Waals surface area contributed by atoms with Crippen molar-refractivity contribution in [2.24, 2.45) is 24.7 Å². The summed E-state index contributed by atoms with van der Waals surface area (Å²) in [7, 11) is 1.97. The molecule has 0 saturated heterocycles. The SMILES string of the molecule is CCc1nn(C)c(CC(NN)C2CCCC(C)C2)c1Cl. The number of halogens is 1. The molecule has 1 aliphatic rings. The first-order chi connectivity index (χ1) is 9.56. The fourth-order valence-electron chi connectivity index (χ4n) is 3.46. The van der Waals surface area contributed by atoms with Crippen molar-refractivity contribution >= 4 is 11.6 Å². The highest BCUT2D eigenvalue weighted by atomic mass is 35.5. The summed E-state index contributed by atoms with van der Waals surface area (Å²) in [5, 5.41) is 5.31. The summed E-state index contributed by atoms with van der Waals surface area (Å²) in [6.45, 7) is 4.42. The van der Waals surface area contributed by atoms with Gasteiger partial charge in [-0.05, 0) is 31.1 Å². The van der Waals surface area contributed by atoms with Crippen LogP contribution in [0, 0.1) is 11.8 Å². The second kappa shape index (κ2) is 6.92. The summed E-state index contributed by atoms with van der Waals surface area (Å²) in [6, 6.07) is 0.287. The summed E-state index contributed by atoms with van der Waals surface area (Å²) in [5.41, 5.74) is 5.11. The van der Waals surface area contributed by atoms with Gasteiger partial charge >= 0.3 is 0 Å². The van der Waals surface area contributed by atoms with Crippen molar-refractivity contribution in [1.82, 2.24) is 15.2 Å². The minimum Gasteiger partial charge on any atom is -0.271 e. The lowest BCUT2D eigenvalue weighted by Crippen LogP contribution is -2.44. The predicted molar refractivity (Wildman–Crippen MR) is 83.5 cm³/mol. The van der Waals surface area contributed by atoms with Gasteiger partial charge in [0.1, 0.15) is 0 Å². The van der Waals surface area contributed by atoms with E-state index in [0.717, 1.165) is 35.2 Å². The summed E-state index contributed by atoms with van der Waals surface area (Å²) < 4.78 is 1.91. The number of aromatic nitrogens is 2. The molecule has 0 aliphatic heterocycles. The quantitative estimate of drug-likeness (QED) is 0.649. The second-order valence-corrected chi connectivity index (χ2v) is 6.57. The van der Waals surface area contributed by atoms with Gasteiger partial charge in [0.15, 0.2) is 0 Å². The standard InChI is InChI=1S/C15H27ClN4/c1-4-12-15(16)14(20(3)19-12)9-13(18-17)11-7-5-6-10(2)8-11/h10-11,13,18H,4-9,17H2,1-3H3. The second-order valence-electron chi connectivity index (χ2n) is 6.19. The van der Waals surface area contributed by atoms with E-state index in [4.69, 9.17) is 17.4 Å². The zero-order valence-corrected chi connectivity index (χ0v) is 13.6. The topological polar surface area (TPSA) is 55.9 Å². The Kier molecular flexibility index (Phi) is 5.47. The third kappa shape index (κ3) is 3.35. The molecule has 114 valence electrons. The van der Waals surface area contributed by atoms with Gasteiger partial charge in [-0.2, -0.15) is 5.10 Å². The van der Waals surface area contributed by atoms with Gasteiger partial charge in [0, 0.05) is 19.5 Å². The molecule has 3 atom stereocenters. The molecule has 1 saturated carbocycles. The Balaban J connectivity index is 2.11. The maximum atomic E-state index is 6.45. The van der Waals surface area contributed by atoms with Gasteiger partial charge in [-0.25, -0.2) is 0 Å². The number of rotatable bonds is 5. The fraction of sp³-hybridized carbons (Fsp3) is 0.800. The van der Waals surface area contributed by atoms with Gasteiger partial charge in [-0.1, -0.05) is 38.3 Å². The Bertz CT molecular complexity index is 443. The van der Waals surface area contributed by atoms with E-state index >= 15 is 0 Å². The van der Waals surface area contributed by atoms with E-state index in [9.17, 15) is 0 Å². The lowest BCUT2D eigenvalue weighted by molar-refractivity contribution is 0.220. The molecule has 2 rings (SSSR count). The maximum absolute atomic E-state index is 6.45. The minimum atomic E-state index is 0.287. The molecule has 1 fully saturated rings. The van der Waals surface area contributed by atoms with E-state index < -0.39 is 0 Å². The van der Waals surface area contributed by atoms with Crippen LogP contribution in [0.2, 0.25) is 5.02 Å².